The predicted octanol–water partition coefficient (Wildman–Crippen LogP) is 1.40. The highest BCUT2D eigenvalue weighted by Gasteiger charge is 2.29. The quantitative estimate of drug-likeness (QED) is 0.841. The molecule has 0 spiro atoms. The van der Waals surface area contributed by atoms with Gasteiger partial charge in [0.2, 0.25) is 5.91 Å². The van der Waals surface area contributed by atoms with Gasteiger partial charge in [0.15, 0.2) is 12.1 Å². The molecule has 8 nitrogen and oxygen atoms in total. The van der Waals surface area contributed by atoms with Gasteiger partial charge in [0, 0.05) is 38.8 Å². The fourth-order valence-corrected chi connectivity index (χ4v) is 3.39. The van der Waals surface area contributed by atoms with E-state index in [2.05, 4.69) is 15.4 Å². The highest BCUT2D eigenvalue weighted by molar-refractivity contribution is 5.92. The Bertz CT molecular complexity index is 732. The molecular weight excluding hydrogens is 334 g/mol. The summed E-state index contributed by atoms with van der Waals surface area (Å²) in [4.78, 5) is 30.3. The summed E-state index contributed by atoms with van der Waals surface area (Å²) in [6, 6.07) is 0.0870. The van der Waals surface area contributed by atoms with Gasteiger partial charge in [-0.1, -0.05) is 0 Å². The number of nitrogens with one attached hydrogen (secondary N) is 1. The maximum Gasteiger partial charge on any atom is 0.273 e. The number of likely N-dealkylation sites (N-methyl/N-ethyl adjacent to an activating group) is 1. The van der Waals surface area contributed by atoms with Crippen LogP contribution in [0.5, 0.6) is 0 Å². The highest BCUT2D eigenvalue weighted by Crippen LogP contribution is 2.26. The van der Waals surface area contributed by atoms with Gasteiger partial charge in [-0.2, -0.15) is 5.10 Å². The second kappa shape index (κ2) is 8.16. The van der Waals surface area contributed by atoms with Crippen LogP contribution >= 0.6 is 0 Å². The Kier molecular flexibility index (Phi) is 5.70. The van der Waals surface area contributed by atoms with Crippen molar-refractivity contribution >= 4 is 11.8 Å². The highest BCUT2D eigenvalue weighted by atomic mass is 16.3. The minimum atomic E-state index is -0.220. The van der Waals surface area contributed by atoms with Gasteiger partial charge in [0.1, 0.15) is 6.26 Å². The summed E-state index contributed by atoms with van der Waals surface area (Å²) < 4.78 is 6.60. The minimum absolute atomic E-state index is 0.0362. The van der Waals surface area contributed by atoms with E-state index in [1.165, 1.54) is 12.7 Å². The van der Waals surface area contributed by atoms with E-state index >= 15 is 0 Å². The molecule has 1 saturated carbocycles. The van der Waals surface area contributed by atoms with Crippen molar-refractivity contribution in [2.45, 2.75) is 38.1 Å². The van der Waals surface area contributed by atoms with Crippen LogP contribution in [0.4, 0.5) is 0 Å². The molecule has 1 fully saturated rings. The molecule has 26 heavy (non-hydrogen) atoms. The predicted molar refractivity (Wildman–Crippen MR) is 94.3 cm³/mol. The molecule has 8 heteroatoms. The summed E-state index contributed by atoms with van der Waals surface area (Å²) >= 11 is 0. The lowest BCUT2D eigenvalue weighted by Gasteiger charge is -2.30. The van der Waals surface area contributed by atoms with Crippen LogP contribution in [-0.2, 0) is 18.3 Å². The zero-order valence-corrected chi connectivity index (χ0v) is 15.2. The van der Waals surface area contributed by atoms with Crippen molar-refractivity contribution in [1.82, 2.24) is 25.0 Å². The number of carbonyl (C=O) groups excluding carboxylic acids is 2. The van der Waals surface area contributed by atoms with Gasteiger partial charge < -0.3 is 14.6 Å². The molecule has 0 atom stereocenters. The molecule has 140 valence electrons. The van der Waals surface area contributed by atoms with Crippen LogP contribution in [0.3, 0.4) is 0 Å². The van der Waals surface area contributed by atoms with E-state index < -0.39 is 0 Å². The Morgan fingerprint density at radius 1 is 1.35 bits per heavy atom. The molecule has 2 heterocycles. The molecule has 1 aliphatic carbocycles. The molecular formula is C18H25N5O3. The third kappa shape index (κ3) is 4.50. The fourth-order valence-electron chi connectivity index (χ4n) is 3.39. The smallest absolute Gasteiger partial charge is 0.273 e. The topological polar surface area (TPSA) is 93.3 Å². The fraction of sp³-hybridized carbons (Fsp3) is 0.556. The molecule has 0 aromatic carbocycles. The SMILES string of the molecule is CN(CCc1cnn(C)c1)C(=O)C1CCC(NC(=O)c2cocn2)CC1. The van der Waals surface area contributed by atoms with E-state index in [-0.39, 0.29) is 23.8 Å². The summed E-state index contributed by atoms with van der Waals surface area (Å²) in [5, 5.41) is 7.11. The van der Waals surface area contributed by atoms with E-state index in [0.717, 1.165) is 37.7 Å². The van der Waals surface area contributed by atoms with Crippen LogP contribution in [0, 0.1) is 5.92 Å². The first-order chi connectivity index (χ1) is 12.5. The van der Waals surface area contributed by atoms with Gasteiger partial charge in [-0.05, 0) is 37.7 Å². The van der Waals surface area contributed by atoms with Gasteiger partial charge in [0.25, 0.3) is 5.91 Å². The molecule has 0 bridgehead atoms. The summed E-state index contributed by atoms with van der Waals surface area (Å²) in [6.45, 7) is 0.688. The number of amides is 2. The summed E-state index contributed by atoms with van der Waals surface area (Å²) in [7, 11) is 3.75. The number of aryl methyl sites for hydroxylation is 1. The molecule has 2 aromatic heterocycles. The molecule has 0 unspecified atom stereocenters. The van der Waals surface area contributed by atoms with E-state index in [0.29, 0.717) is 12.2 Å². The third-order valence-electron chi connectivity index (χ3n) is 4.95. The van der Waals surface area contributed by atoms with Gasteiger partial charge in [-0.25, -0.2) is 4.98 Å². The Hall–Kier alpha value is -2.64. The van der Waals surface area contributed by atoms with Crippen molar-refractivity contribution in [3.63, 3.8) is 0 Å². The van der Waals surface area contributed by atoms with Crippen molar-refractivity contribution in [3.8, 4) is 0 Å². The maximum atomic E-state index is 12.6. The van der Waals surface area contributed by atoms with E-state index in [1.807, 2.05) is 31.4 Å². The van der Waals surface area contributed by atoms with Crippen molar-refractivity contribution in [2.75, 3.05) is 13.6 Å². The largest absolute Gasteiger partial charge is 0.451 e. The number of nitrogens with zero attached hydrogens (tertiary/aromatic N) is 4. The van der Waals surface area contributed by atoms with Crippen LogP contribution in [0.1, 0.15) is 41.7 Å². The monoisotopic (exact) mass is 359 g/mol. The zero-order chi connectivity index (χ0) is 18.5. The summed E-state index contributed by atoms with van der Waals surface area (Å²) in [5.74, 6) is 0.00591. The number of hydrogen-bond acceptors (Lipinski definition) is 5. The molecule has 1 aliphatic rings. The van der Waals surface area contributed by atoms with Gasteiger partial charge >= 0.3 is 0 Å². The first kappa shape index (κ1) is 18.2. The van der Waals surface area contributed by atoms with Crippen LogP contribution in [-0.4, -0.2) is 51.1 Å². The van der Waals surface area contributed by atoms with Crippen molar-refractivity contribution < 1.29 is 14.0 Å². The molecule has 2 amide bonds. The normalized spacial score (nSPS) is 19.9. The summed E-state index contributed by atoms with van der Waals surface area (Å²) in [6.07, 6.45) is 10.4. The molecule has 0 radical (unpaired) electrons. The Morgan fingerprint density at radius 2 is 2.12 bits per heavy atom. The van der Waals surface area contributed by atoms with Crippen LogP contribution in [0.2, 0.25) is 0 Å². The first-order valence-electron chi connectivity index (χ1n) is 8.94. The number of oxazole rings is 1. The Balaban J connectivity index is 1.42. The van der Waals surface area contributed by atoms with Gasteiger partial charge in [-0.15, -0.1) is 0 Å². The molecule has 0 aliphatic heterocycles. The van der Waals surface area contributed by atoms with E-state index in [4.69, 9.17) is 4.42 Å². The molecule has 0 saturated heterocycles. The standard InChI is InChI=1S/C18H25N5O3/c1-22(8-7-13-9-20-23(2)10-13)18(25)14-3-5-15(6-4-14)21-17(24)16-11-26-12-19-16/h9-12,14-15H,3-8H2,1-2H3,(H,21,24). The van der Waals surface area contributed by atoms with Crippen LogP contribution in [0.25, 0.3) is 0 Å². The number of rotatable bonds is 6. The average molecular weight is 359 g/mol. The third-order valence-corrected chi connectivity index (χ3v) is 4.95. The van der Waals surface area contributed by atoms with E-state index in [1.54, 1.807) is 4.68 Å². The van der Waals surface area contributed by atoms with Crippen LogP contribution < -0.4 is 5.32 Å². The van der Waals surface area contributed by atoms with Gasteiger partial charge in [0.05, 0.1) is 6.20 Å². The Labute approximate surface area is 152 Å². The lowest BCUT2D eigenvalue weighted by Crippen LogP contribution is -2.41. The zero-order valence-electron chi connectivity index (χ0n) is 15.2. The number of carbonyl (C=O) groups is 2. The first-order valence-corrected chi connectivity index (χ1v) is 8.94. The molecule has 3 rings (SSSR count). The Morgan fingerprint density at radius 3 is 2.73 bits per heavy atom. The van der Waals surface area contributed by atoms with Crippen molar-refractivity contribution in [3.05, 3.63) is 36.3 Å². The minimum Gasteiger partial charge on any atom is -0.451 e. The van der Waals surface area contributed by atoms with Crippen LogP contribution in [0.15, 0.2) is 29.5 Å². The van der Waals surface area contributed by atoms with Gasteiger partial charge in [-0.3, -0.25) is 14.3 Å². The number of hydrogen-bond donors (Lipinski definition) is 1. The lowest BCUT2D eigenvalue weighted by atomic mass is 9.85. The van der Waals surface area contributed by atoms with Crippen molar-refractivity contribution in [1.29, 1.82) is 0 Å². The maximum absolute atomic E-state index is 12.6. The lowest BCUT2D eigenvalue weighted by molar-refractivity contribution is -0.135. The summed E-state index contributed by atoms with van der Waals surface area (Å²) in [5.41, 5.74) is 1.42. The second-order valence-corrected chi connectivity index (χ2v) is 6.93. The van der Waals surface area contributed by atoms with Crippen molar-refractivity contribution in [2.24, 2.45) is 13.0 Å². The second-order valence-electron chi connectivity index (χ2n) is 6.93. The van der Waals surface area contributed by atoms with E-state index in [9.17, 15) is 9.59 Å². The molecule has 1 N–H and O–H groups in total. The molecule has 2 aromatic rings. The number of aromatic nitrogens is 3. The average Bonchev–Trinajstić information content (AvgIpc) is 3.31.